The predicted octanol–water partition coefficient (Wildman–Crippen LogP) is 1.34. The molecule has 0 unspecified atom stereocenters. The molecule has 0 aliphatic rings. The summed E-state index contributed by atoms with van der Waals surface area (Å²) in [6.07, 6.45) is 1.19. The molecule has 0 aliphatic carbocycles. The molecule has 0 saturated carbocycles. The van der Waals surface area contributed by atoms with Crippen LogP contribution in [0.1, 0.15) is 0 Å². The van der Waals surface area contributed by atoms with Gasteiger partial charge in [0.05, 0.1) is 11.0 Å². The lowest BCUT2D eigenvalue weighted by Crippen LogP contribution is -2.14. The van der Waals surface area contributed by atoms with E-state index < -0.39 is 10.0 Å². The SMILES string of the molecule is Nc1ccc(S(=O)(=O)Nc2nc3ccccc3[nH]2)cn1. The van der Waals surface area contributed by atoms with Crippen molar-refractivity contribution in [1.29, 1.82) is 0 Å². The Morgan fingerprint density at radius 2 is 1.95 bits per heavy atom. The summed E-state index contributed by atoms with van der Waals surface area (Å²) < 4.78 is 26.6. The van der Waals surface area contributed by atoms with Crippen LogP contribution in [0.5, 0.6) is 0 Å². The van der Waals surface area contributed by atoms with E-state index in [4.69, 9.17) is 5.73 Å². The molecule has 0 amide bonds. The molecule has 1 aromatic carbocycles. The molecule has 0 radical (unpaired) electrons. The normalized spacial score (nSPS) is 11.6. The van der Waals surface area contributed by atoms with Crippen LogP contribution in [0.2, 0.25) is 0 Å². The Hall–Kier alpha value is -2.61. The summed E-state index contributed by atoms with van der Waals surface area (Å²) in [6.45, 7) is 0. The summed E-state index contributed by atoms with van der Waals surface area (Å²) in [5.74, 6) is 0.413. The van der Waals surface area contributed by atoms with Gasteiger partial charge in [0.25, 0.3) is 10.0 Å². The van der Waals surface area contributed by atoms with Crippen molar-refractivity contribution in [3.05, 3.63) is 42.6 Å². The van der Waals surface area contributed by atoms with Crippen molar-refractivity contribution in [2.75, 3.05) is 10.5 Å². The molecule has 0 fully saturated rings. The van der Waals surface area contributed by atoms with Crippen molar-refractivity contribution in [3.8, 4) is 0 Å². The fourth-order valence-electron chi connectivity index (χ4n) is 1.74. The summed E-state index contributed by atoms with van der Waals surface area (Å²) in [5, 5.41) is 0. The van der Waals surface area contributed by atoms with Crippen LogP contribution in [0.25, 0.3) is 11.0 Å². The second-order valence-corrected chi connectivity index (χ2v) is 5.81. The van der Waals surface area contributed by atoms with E-state index >= 15 is 0 Å². The van der Waals surface area contributed by atoms with Crippen LogP contribution >= 0.6 is 0 Å². The molecule has 3 rings (SSSR count). The van der Waals surface area contributed by atoms with Crippen molar-refractivity contribution in [3.63, 3.8) is 0 Å². The molecular weight excluding hydrogens is 278 g/mol. The predicted molar refractivity (Wildman–Crippen MR) is 75.6 cm³/mol. The molecule has 7 nitrogen and oxygen atoms in total. The molecule has 0 aliphatic heterocycles. The maximum atomic E-state index is 12.1. The van der Waals surface area contributed by atoms with Gasteiger partial charge in [-0.15, -0.1) is 0 Å². The third kappa shape index (κ3) is 2.28. The lowest BCUT2D eigenvalue weighted by molar-refractivity contribution is 0.600. The van der Waals surface area contributed by atoms with E-state index in [0.717, 1.165) is 5.52 Å². The summed E-state index contributed by atoms with van der Waals surface area (Å²) >= 11 is 0. The number of pyridine rings is 1. The minimum Gasteiger partial charge on any atom is -0.384 e. The number of benzene rings is 1. The molecule has 4 N–H and O–H groups in total. The first kappa shape index (κ1) is 12.4. The third-order valence-electron chi connectivity index (χ3n) is 2.69. The molecule has 20 heavy (non-hydrogen) atoms. The first-order valence-electron chi connectivity index (χ1n) is 5.74. The smallest absolute Gasteiger partial charge is 0.265 e. The van der Waals surface area contributed by atoms with Crippen LogP contribution in [-0.2, 0) is 10.0 Å². The van der Waals surface area contributed by atoms with E-state index in [-0.39, 0.29) is 16.7 Å². The van der Waals surface area contributed by atoms with E-state index in [0.29, 0.717) is 5.52 Å². The highest BCUT2D eigenvalue weighted by Gasteiger charge is 2.16. The van der Waals surface area contributed by atoms with Gasteiger partial charge in [0.15, 0.2) is 0 Å². The monoisotopic (exact) mass is 289 g/mol. The summed E-state index contributed by atoms with van der Waals surface area (Å²) in [4.78, 5) is 10.8. The number of nitrogens with two attached hydrogens (primary N) is 1. The zero-order valence-corrected chi connectivity index (χ0v) is 11.1. The Morgan fingerprint density at radius 3 is 2.65 bits per heavy atom. The highest BCUT2D eigenvalue weighted by atomic mass is 32.2. The van der Waals surface area contributed by atoms with Gasteiger partial charge in [-0.05, 0) is 24.3 Å². The van der Waals surface area contributed by atoms with Crippen LogP contribution in [-0.4, -0.2) is 23.4 Å². The van der Waals surface area contributed by atoms with Gasteiger partial charge in [-0.2, -0.15) is 0 Å². The molecule has 102 valence electrons. The number of imidazole rings is 1. The van der Waals surface area contributed by atoms with Crippen LogP contribution < -0.4 is 10.5 Å². The van der Waals surface area contributed by atoms with Gasteiger partial charge in [0, 0.05) is 6.20 Å². The van der Waals surface area contributed by atoms with Crippen LogP contribution in [0.4, 0.5) is 11.8 Å². The average molecular weight is 289 g/mol. The molecule has 0 bridgehead atoms. The second kappa shape index (κ2) is 4.49. The minimum absolute atomic E-state index is 0.0205. The van der Waals surface area contributed by atoms with Gasteiger partial charge in [-0.3, -0.25) is 0 Å². The van der Waals surface area contributed by atoms with Crippen molar-refractivity contribution in [2.45, 2.75) is 4.90 Å². The topological polar surface area (TPSA) is 114 Å². The number of hydrogen-bond acceptors (Lipinski definition) is 5. The number of fused-ring (bicyclic) bond motifs is 1. The van der Waals surface area contributed by atoms with Gasteiger partial charge in [-0.25, -0.2) is 23.1 Å². The van der Waals surface area contributed by atoms with Crippen molar-refractivity contribution >= 4 is 32.8 Å². The Balaban J connectivity index is 1.94. The van der Waals surface area contributed by atoms with Gasteiger partial charge < -0.3 is 10.7 Å². The number of rotatable bonds is 3. The van der Waals surface area contributed by atoms with Gasteiger partial charge in [0.2, 0.25) is 5.95 Å². The molecule has 2 heterocycles. The van der Waals surface area contributed by atoms with Gasteiger partial charge in [-0.1, -0.05) is 12.1 Å². The number of anilines is 2. The van der Waals surface area contributed by atoms with Crippen molar-refractivity contribution in [1.82, 2.24) is 15.0 Å². The van der Waals surface area contributed by atoms with Gasteiger partial charge >= 0.3 is 0 Å². The van der Waals surface area contributed by atoms with Crippen LogP contribution in [0.15, 0.2) is 47.5 Å². The van der Waals surface area contributed by atoms with E-state index in [2.05, 4.69) is 19.7 Å². The zero-order valence-electron chi connectivity index (χ0n) is 10.2. The fraction of sp³-hybridized carbons (Fsp3) is 0. The van der Waals surface area contributed by atoms with E-state index in [1.807, 2.05) is 18.2 Å². The molecule has 3 aromatic rings. The summed E-state index contributed by atoms with van der Waals surface area (Å²) in [7, 11) is -3.74. The van der Waals surface area contributed by atoms with E-state index in [9.17, 15) is 8.42 Å². The quantitative estimate of drug-likeness (QED) is 0.673. The number of nitrogen functional groups attached to an aromatic ring is 1. The van der Waals surface area contributed by atoms with Crippen molar-refractivity contribution < 1.29 is 8.42 Å². The number of sulfonamides is 1. The Kier molecular flexibility index (Phi) is 2.79. The third-order valence-corrected chi connectivity index (χ3v) is 4.01. The molecule has 0 spiro atoms. The van der Waals surface area contributed by atoms with Gasteiger partial charge in [0.1, 0.15) is 10.7 Å². The van der Waals surface area contributed by atoms with Crippen LogP contribution in [0.3, 0.4) is 0 Å². The number of nitrogens with zero attached hydrogens (tertiary/aromatic N) is 2. The number of nitrogens with one attached hydrogen (secondary N) is 2. The lowest BCUT2D eigenvalue weighted by Gasteiger charge is -2.04. The maximum absolute atomic E-state index is 12.1. The maximum Gasteiger partial charge on any atom is 0.265 e. The second-order valence-electron chi connectivity index (χ2n) is 4.13. The molecular formula is C12H11N5O2S. The van der Waals surface area contributed by atoms with E-state index in [1.165, 1.54) is 18.3 Å². The largest absolute Gasteiger partial charge is 0.384 e. The Bertz CT molecular complexity index is 822. The number of para-hydroxylation sites is 2. The molecule has 2 aromatic heterocycles. The highest BCUT2D eigenvalue weighted by Crippen LogP contribution is 2.17. The standard InChI is InChI=1S/C12H11N5O2S/c13-11-6-5-8(7-14-11)20(18,19)17-12-15-9-3-1-2-4-10(9)16-12/h1-7H,(H2,13,14)(H2,15,16,17). The fourth-order valence-corrected chi connectivity index (χ4v) is 2.65. The molecule has 8 heteroatoms. The zero-order chi connectivity index (χ0) is 14.2. The highest BCUT2D eigenvalue weighted by molar-refractivity contribution is 7.92. The number of aromatic amines is 1. The van der Waals surface area contributed by atoms with E-state index in [1.54, 1.807) is 6.07 Å². The Morgan fingerprint density at radius 1 is 1.15 bits per heavy atom. The number of aromatic nitrogens is 3. The van der Waals surface area contributed by atoms with Crippen LogP contribution in [0, 0.1) is 0 Å². The van der Waals surface area contributed by atoms with Crippen molar-refractivity contribution in [2.24, 2.45) is 0 Å². The first-order valence-corrected chi connectivity index (χ1v) is 7.22. The lowest BCUT2D eigenvalue weighted by atomic mass is 10.3. The average Bonchev–Trinajstić information content (AvgIpc) is 2.80. The summed E-state index contributed by atoms with van der Waals surface area (Å²) in [6, 6.07) is 10.1. The minimum atomic E-state index is -3.74. The number of H-pyrrole nitrogens is 1. The Labute approximate surface area is 114 Å². The molecule has 0 atom stereocenters. The number of hydrogen-bond donors (Lipinski definition) is 3. The first-order chi connectivity index (χ1) is 9.54. The summed E-state index contributed by atoms with van der Waals surface area (Å²) in [5.41, 5.74) is 6.86. The molecule has 0 saturated heterocycles.